The zero-order valence-electron chi connectivity index (χ0n) is 16.8. The molecule has 156 valence electrons. The van der Waals surface area contributed by atoms with Crippen LogP contribution in [0, 0.1) is 0 Å². The number of likely N-dealkylation sites (tertiary alicyclic amines) is 1. The van der Waals surface area contributed by atoms with E-state index in [2.05, 4.69) is 20.4 Å². The van der Waals surface area contributed by atoms with E-state index in [1.165, 1.54) is 25.9 Å². The Balaban J connectivity index is 1.32. The number of carbonyl (C=O) groups excluding carboxylic acids is 1. The number of rotatable bonds is 8. The van der Waals surface area contributed by atoms with E-state index in [-0.39, 0.29) is 16.5 Å². The molecule has 0 atom stereocenters. The Labute approximate surface area is 180 Å². The summed E-state index contributed by atoms with van der Waals surface area (Å²) < 4.78 is 0. The van der Waals surface area contributed by atoms with Gasteiger partial charge in [-0.2, -0.15) is 5.10 Å². The third-order valence-electron chi connectivity index (χ3n) is 5.59. The van der Waals surface area contributed by atoms with Crippen molar-refractivity contribution < 1.29 is 4.79 Å². The number of anilines is 1. The van der Waals surface area contributed by atoms with Crippen LogP contribution in [-0.2, 0) is 6.54 Å². The van der Waals surface area contributed by atoms with E-state index in [1.54, 1.807) is 6.07 Å². The van der Waals surface area contributed by atoms with Crippen molar-refractivity contribution in [1.29, 1.82) is 0 Å². The lowest BCUT2D eigenvalue weighted by molar-refractivity contribution is 0.0976. The predicted molar refractivity (Wildman–Crippen MR) is 120 cm³/mol. The van der Waals surface area contributed by atoms with Crippen LogP contribution in [0.5, 0.6) is 0 Å². The number of H-pyrrole nitrogens is 1. The summed E-state index contributed by atoms with van der Waals surface area (Å²) in [6.07, 6.45) is 4.08. The molecule has 4 rings (SSSR count). The average molecular weight is 425 g/mol. The third-order valence-corrected chi connectivity index (χ3v) is 5.88. The largest absolute Gasteiger partial charge is 0.381 e. The summed E-state index contributed by atoms with van der Waals surface area (Å²) in [7, 11) is 0. The van der Waals surface area contributed by atoms with Gasteiger partial charge in [-0.15, -0.1) is 0 Å². The third kappa shape index (κ3) is 4.89. The molecule has 0 bridgehead atoms. The highest BCUT2D eigenvalue weighted by Gasteiger charge is 2.12. The van der Waals surface area contributed by atoms with E-state index in [0.717, 1.165) is 29.8 Å². The first-order valence-electron chi connectivity index (χ1n) is 10.4. The smallest absolute Gasteiger partial charge is 0.272 e. The molecule has 2 heterocycles. The van der Waals surface area contributed by atoms with Crippen molar-refractivity contribution in [3.63, 3.8) is 0 Å². The molecule has 3 aromatic rings. The van der Waals surface area contributed by atoms with Crippen LogP contribution in [0.3, 0.4) is 0 Å². The molecule has 6 nitrogen and oxygen atoms in total. The van der Waals surface area contributed by atoms with Gasteiger partial charge < -0.3 is 10.2 Å². The minimum atomic E-state index is -0.262. The standard InChI is InChI=1S/C23H25ClN4O2/c24-22-20-14-18(9-10-19(20)23(30)27-26-22)25-15-16-5-7-17(8-6-16)21(29)4-3-13-28-11-1-2-12-28/h5-10,14,25H,1-4,11-13,15H2,(H,27,30). The Morgan fingerprint density at radius 3 is 2.63 bits per heavy atom. The van der Waals surface area contributed by atoms with Crippen LogP contribution in [0.25, 0.3) is 10.8 Å². The summed E-state index contributed by atoms with van der Waals surface area (Å²) in [5, 5.41) is 10.9. The number of benzene rings is 2. The summed E-state index contributed by atoms with van der Waals surface area (Å²) in [4.78, 5) is 26.7. The van der Waals surface area contributed by atoms with Crippen molar-refractivity contribution in [1.82, 2.24) is 15.1 Å². The number of hydrogen-bond acceptors (Lipinski definition) is 5. The van der Waals surface area contributed by atoms with Crippen LogP contribution in [0.15, 0.2) is 47.3 Å². The maximum atomic E-state index is 12.4. The van der Waals surface area contributed by atoms with E-state index in [4.69, 9.17) is 11.6 Å². The fourth-order valence-corrected chi connectivity index (χ4v) is 4.07. The van der Waals surface area contributed by atoms with Gasteiger partial charge in [-0.3, -0.25) is 9.59 Å². The van der Waals surface area contributed by atoms with E-state index in [9.17, 15) is 9.59 Å². The van der Waals surface area contributed by atoms with Crippen molar-refractivity contribution in [3.8, 4) is 0 Å². The maximum absolute atomic E-state index is 12.4. The van der Waals surface area contributed by atoms with Crippen molar-refractivity contribution in [2.45, 2.75) is 32.2 Å². The highest BCUT2D eigenvalue weighted by Crippen LogP contribution is 2.22. The van der Waals surface area contributed by atoms with E-state index >= 15 is 0 Å². The molecule has 0 radical (unpaired) electrons. The first-order chi connectivity index (χ1) is 14.6. The molecule has 1 fully saturated rings. The van der Waals surface area contributed by atoms with E-state index in [1.807, 2.05) is 36.4 Å². The molecular formula is C23H25ClN4O2. The molecule has 30 heavy (non-hydrogen) atoms. The zero-order valence-corrected chi connectivity index (χ0v) is 17.5. The molecule has 1 saturated heterocycles. The summed E-state index contributed by atoms with van der Waals surface area (Å²) >= 11 is 6.09. The normalized spacial score (nSPS) is 14.3. The SMILES string of the molecule is O=C(CCCN1CCCC1)c1ccc(CNc2ccc3c(=O)[nH]nc(Cl)c3c2)cc1. The monoisotopic (exact) mass is 424 g/mol. The van der Waals surface area contributed by atoms with Crippen LogP contribution in [0.2, 0.25) is 5.15 Å². The number of ketones is 1. The molecule has 2 aromatic carbocycles. The first-order valence-corrected chi connectivity index (χ1v) is 10.7. The van der Waals surface area contributed by atoms with Crippen molar-refractivity contribution in [2.24, 2.45) is 0 Å². The topological polar surface area (TPSA) is 78.1 Å². The fourth-order valence-electron chi connectivity index (χ4n) is 3.87. The van der Waals surface area contributed by atoms with Crippen molar-refractivity contribution in [3.05, 3.63) is 69.1 Å². The van der Waals surface area contributed by atoms with Gasteiger partial charge in [0.1, 0.15) is 0 Å². The molecule has 0 amide bonds. The average Bonchev–Trinajstić information content (AvgIpc) is 3.29. The van der Waals surface area contributed by atoms with Gasteiger partial charge in [-0.1, -0.05) is 35.9 Å². The van der Waals surface area contributed by atoms with Gasteiger partial charge in [0, 0.05) is 29.6 Å². The Morgan fingerprint density at radius 2 is 1.87 bits per heavy atom. The number of aromatic amines is 1. The number of fused-ring (bicyclic) bond motifs is 1. The second-order valence-electron chi connectivity index (χ2n) is 7.73. The van der Waals surface area contributed by atoms with E-state index < -0.39 is 0 Å². The lowest BCUT2D eigenvalue weighted by atomic mass is 10.0. The van der Waals surface area contributed by atoms with Gasteiger partial charge in [0.2, 0.25) is 0 Å². The predicted octanol–water partition coefficient (Wildman–Crippen LogP) is 4.25. The summed E-state index contributed by atoms with van der Waals surface area (Å²) in [5.74, 6) is 0.204. The highest BCUT2D eigenvalue weighted by atomic mass is 35.5. The van der Waals surface area contributed by atoms with Gasteiger partial charge in [0.05, 0.1) is 5.39 Å². The fraction of sp³-hybridized carbons (Fsp3) is 0.348. The molecule has 7 heteroatoms. The molecule has 0 aliphatic carbocycles. The molecule has 1 aromatic heterocycles. The number of hydrogen-bond donors (Lipinski definition) is 2. The van der Waals surface area contributed by atoms with Gasteiger partial charge in [-0.25, -0.2) is 5.10 Å². The molecule has 2 N–H and O–H groups in total. The van der Waals surface area contributed by atoms with Crippen LogP contribution in [-0.4, -0.2) is 40.5 Å². The number of aromatic nitrogens is 2. The maximum Gasteiger partial charge on any atom is 0.272 e. The van der Waals surface area contributed by atoms with Gasteiger partial charge in [0.15, 0.2) is 10.9 Å². The molecular weight excluding hydrogens is 400 g/mol. The van der Waals surface area contributed by atoms with Crippen LogP contribution < -0.4 is 10.9 Å². The zero-order chi connectivity index (χ0) is 20.9. The van der Waals surface area contributed by atoms with Crippen LogP contribution in [0.1, 0.15) is 41.6 Å². The Morgan fingerprint density at radius 1 is 1.10 bits per heavy atom. The quantitative estimate of drug-likeness (QED) is 0.528. The van der Waals surface area contributed by atoms with Crippen LogP contribution >= 0.6 is 11.6 Å². The number of nitrogens with one attached hydrogen (secondary N) is 2. The highest BCUT2D eigenvalue weighted by molar-refractivity contribution is 6.34. The minimum Gasteiger partial charge on any atom is -0.381 e. The lowest BCUT2D eigenvalue weighted by Gasteiger charge is -2.13. The molecule has 0 unspecified atom stereocenters. The summed E-state index contributed by atoms with van der Waals surface area (Å²) in [6, 6.07) is 13.1. The molecule has 0 saturated carbocycles. The lowest BCUT2D eigenvalue weighted by Crippen LogP contribution is -2.21. The summed E-state index contributed by atoms with van der Waals surface area (Å²) in [5.41, 5.74) is 2.42. The van der Waals surface area contributed by atoms with Crippen molar-refractivity contribution in [2.75, 3.05) is 25.0 Å². The molecule has 1 aliphatic rings. The van der Waals surface area contributed by atoms with E-state index in [0.29, 0.717) is 23.7 Å². The first kappa shape index (κ1) is 20.6. The van der Waals surface area contributed by atoms with Crippen LogP contribution in [0.4, 0.5) is 5.69 Å². The second kappa shape index (κ2) is 9.41. The Kier molecular flexibility index (Phi) is 6.45. The molecule has 0 spiro atoms. The second-order valence-corrected chi connectivity index (χ2v) is 8.09. The minimum absolute atomic E-state index is 0.204. The number of carbonyl (C=O) groups is 1. The number of halogens is 1. The van der Waals surface area contributed by atoms with Gasteiger partial charge in [-0.05, 0) is 62.7 Å². The summed E-state index contributed by atoms with van der Waals surface area (Å²) in [6.45, 7) is 3.96. The Bertz CT molecular complexity index is 1090. The van der Waals surface area contributed by atoms with Gasteiger partial charge in [0.25, 0.3) is 5.56 Å². The van der Waals surface area contributed by atoms with Gasteiger partial charge >= 0.3 is 0 Å². The number of Topliss-reactive ketones (excluding diaryl/α,β-unsaturated/α-hetero) is 1. The Hall–Kier alpha value is -2.70. The number of nitrogens with zero attached hydrogens (tertiary/aromatic N) is 2. The van der Waals surface area contributed by atoms with Crippen molar-refractivity contribution >= 4 is 33.8 Å². The molecule has 1 aliphatic heterocycles.